The van der Waals surface area contributed by atoms with Crippen LogP contribution in [0.1, 0.15) is 64.7 Å². The van der Waals surface area contributed by atoms with Crippen LogP contribution in [0.2, 0.25) is 0 Å². The molecule has 1 aliphatic carbocycles. The van der Waals surface area contributed by atoms with E-state index in [1.165, 1.54) is 57.8 Å². The van der Waals surface area contributed by atoms with Gasteiger partial charge in [-0.1, -0.05) is 51.9 Å². The lowest BCUT2D eigenvalue weighted by Crippen LogP contribution is -2.28. The molecule has 0 aliphatic heterocycles. The second kappa shape index (κ2) is 7.28. The summed E-state index contributed by atoms with van der Waals surface area (Å²) in [7, 11) is 2.13. The van der Waals surface area contributed by atoms with E-state index in [0.717, 1.165) is 12.0 Å². The molecule has 0 spiro atoms. The molecule has 0 aromatic rings. The Kier molecular flexibility index (Phi) is 6.25. The van der Waals surface area contributed by atoms with E-state index in [9.17, 15) is 0 Å². The highest BCUT2D eigenvalue weighted by Gasteiger charge is 2.17. The molecule has 1 heteroatoms. The lowest BCUT2D eigenvalue weighted by Gasteiger charge is -2.26. The Balaban J connectivity index is 2.16. The normalized spacial score (nSPS) is 21.0. The van der Waals surface area contributed by atoms with E-state index in [0.29, 0.717) is 0 Å². The number of hydrogen-bond donors (Lipinski definition) is 1. The van der Waals surface area contributed by atoms with Crippen molar-refractivity contribution in [2.75, 3.05) is 7.05 Å². The fourth-order valence-electron chi connectivity index (χ4n) is 2.66. The summed E-state index contributed by atoms with van der Waals surface area (Å²) in [6.45, 7) is 2.29. The summed E-state index contributed by atoms with van der Waals surface area (Å²) >= 11 is 0. The molecule has 1 rings (SSSR count). The molecule has 0 aromatic carbocycles. The smallest absolute Gasteiger partial charge is 0.00667 e. The first-order valence-corrected chi connectivity index (χ1v) is 6.54. The Morgan fingerprint density at radius 1 is 1.21 bits per heavy atom. The molecule has 1 saturated carbocycles. The Labute approximate surface area is 89.7 Å². The van der Waals surface area contributed by atoms with Gasteiger partial charge >= 0.3 is 0 Å². The van der Waals surface area contributed by atoms with Crippen LogP contribution in [0, 0.1) is 5.92 Å². The van der Waals surface area contributed by atoms with E-state index in [4.69, 9.17) is 0 Å². The summed E-state index contributed by atoms with van der Waals surface area (Å²) < 4.78 is 0. The van der Waals surface area contributed by atoms with Gasteiger partial charge in [-0.05, 0) is 25.8 Å². The van der Waals surface area contributed by atoms with Gasteiger partial charge in [0.1, 0.15) is 0 Å². The number of hydrogen-bond acceptors (Lipinski definition) is 1. The third kappa shape index (κ3) is 4.45. The van der Waals surface area contributed by atoms with Crippen LogP contribution in [0.5, 0.6) is 0 Å². The van der Waals surface area contributed by atoms with Crippen LogP contribution in [0.3, 0.4) is 0 Å². The summed E-state index contributed by atoms with van der Waals surface area (Å²) in [6, 6.07) is 0.790. The van der Waals surface area contributed by atoms with Gasteiger partial charge < -0.3 is 5.32 Å². The molecule has 0 heterocycles. The van der Waals surface area contributed by atoms with Crippen molar-refractivity contribution in [3.05, 3.63) is 0 Å². The van der Waals surface area contributed by atoms with E-state index < -0.39 is 0 Å². The van der Waals surface area contributed by atoms with Crippen molar-refractivity contribution in [2.24, 2.45) is 5.92 Å². The van der Waals surface area contributed by atoms with Crippen LogP contribution in [-0.4, -0.2) is 13.1 Å². The Morgan fingerprint density at radius 2 is 1.93 bits per heavy atom. The van der Waals surface area contributed by atoms with Gasteiger partial charge in [-0.3, -0.25) is 0 Å². The van der Waals surface area contributed by atoms with Gasteiger partial charge in [0.25, 0.3) is 0 Å². The summed E-state index contributed by atoms with van der Waals surface area (Å²) in [5.74, 6) is 1.03. The van der Waals surface area contributed by atoms with Crippen molar-refractivity contribution < 1.29 is 0 Å². The standard InChI is InChI=1S/C13H27N/c1-3-4-10-13(14-2)11-12-8-6-5-7-9-12/h12-14H,3-11H2,1-2H3. The average molecular weight is 197 g/mol. The highest BCUT2D eigenvalue weighted by Crippen LogP contribution is 2.28. The van der Waals surface area contributed by atoms with Gasteiger partial charge in [0.15, 0.2) is 0 Å². The fourth-order valence-corrected chi connectivity index (χ4v) is 2.66. The fraction of sp³-hybridized carbons (Fsp3) is 1.00. The minimum absolute atomic E-state index is 0.790. The number of unbranched alkanes of at least 4 members (excludes halogenated alkanes) is 1. The maximum Gasteiger partial charge on any atom is 0.00667 e. The van der Waals surface area contributed by atoms with Gasteiger partial charge in [0.05, 0.1) is 0 Å². The minimum Gasteiger partial charge on any atom is -0.317 e. The summed E-state index contributed by atoms with van der Waals surface area (Å²) in [4.78, 5) is 0. The molecule has 0 amide bonds. The van der Waals surface area contributed by atoms with Gasteiger partial charge in [-0.25, -0.2) is 0 Å². The number of rotatable bonds is 6. The van der Waals surface area contributed by atoms with Crippen molar-refractivity contribution in [3.8, 4) is 0 Å². The molecule has 1 nitrogen and oxygen atoms in total. The van der Waals surface area contributed by atoms with E-state index >= 15 is 0 Å². The summed E-state index contributed by atoms with van der Waals surface area (Å²) in [6.07, 6.45) is 13.0. The molecule has 14 heavy (non-hydrogen) atoms. The van der Waals surface area contributed by atoms with Crippen LogP contribution in [0.25, 0.3) is 0 Å². The molecule has 0 saturated heterocycles. The Hall–Kier alpha value is -0.0400. The van der Waals surface area contributed by atoms with E-state index in [-0.39, 0.29) is 0 Å². The molecule has 84 valence electrons. The number of nitrogens with one attached hydrogen (secondary N) is 1. The predicted molar refractivity (Wildman–Crippen MR) is 63.6 cm³/mol. The van der Waals surface area contributed by atoms with Crippen LogP contribution >= 0.6 is 0 Å². The zero-order chi connectivity index (χ0) is 10.2. The SMILES string of the molecule is CCCCC(CC1CCCCC1)NC. The minimum atomic E-state index is 0.790. The molecule has 0 radical (unpaired) electrons. The van der Waals surface area contributed by atoms with E-state index in [1.54, 1.807) is 0 Å². The molecule has 0 aromatic heterocycles. The lowest BCUT2D eigenvalue weighted by atomic mass is 9.84. The van der Waals surface area contributed by atoms with Gasteiger partial charge in [0.2, 0.25) is 0 Å². The second-order valence-corrected chi connectivity index (χ2v) is 4.87. The zero-order valence-corrected chi connectivity index (χ0v) is 10.0. The first-order valence-electron chi connectivity index (χ1n) is 6.54. The largest absolute Gasteiger partial charge is 0.317 e. The van der Waals surface area contributed by atoms with E-state index in [1.807, 2.05) is 0 Å². The van der Waals surface area contributed by atoms with Crippen molar-refractivity contribution in [3.63, 3.8) is 0 Å². The highest BCUT2D eigenvalue weighted by molar-refractivity contribution is 4.73. The van der Waals surface area contributed by atoms with Crippen molar-refractivity contribution >= 4 is 0 Å². The van der Waals surface area contributed by atoms with Crippen molar-refractivity contribution in [2.45, 2.75) is 70.8 Å². The maximum atomic E-state index is 3.48. The topological polar surface area (TPSA) is 12.0 Å². The molecule has 1 atom stereocenters. The summed E-state index contributed by atoms with van der Waals surface area (Å²) in [5.41, 5.74) is 0. The monoisotopic (exact) mass is 197 g/mol. The van der Waals surface area contributed by atoms with Gasteiger partial charge in [0, 0.05) is 6.04 Å². The van der Waals surface area contributed by atoms with Crippen LogP contribution < -0.4 is 5.32 Å². The molecule has 1 unspecified atom stereocenters. The van der Waals surface area contributed by atoms with Crippen molar-refractivity contribution in [1.82, 2.24) is 5.32 Å². The molecular weight excluding hydrogens is 170 g/mol. The highest BCUT2D eigenvalue weighted by atomic mass is 14.9. The predicted octanol–water partition coefficient (Wildman–Crippen LogP) is 3.74. The first kappa shape index (κ1) is 12.0. The summed E-state index contributed by atoms with van der Waals surface area (Å²) in [5, 5.41) is 3.48. The van der Waals surface area contributed by atoms with Crippen LogP contribution in [0.15, 0.2) is 0 Å². The van der Waals surface area contributed by atoms with Crippen LogP contribution in [0.4, 0.5) is 0 Å². The third-order valence-corrected chi connectivity index (χ3v) is 3.66. The Morgan fingerprint density at radius 3 is 2.50 bits per heavy atom. The molecule has 1 N–H and O–H groups in total. The van der Waals surface area contributed by atoms with E-state index in [2.05, 4.69) is 19.3 Å². The molecule has 0 bridgehead atoms. The van der Waals surface area contributed by atoms with Gasteiger partial charge in [-0.15, -0.1) is 0 Å². The molecule has 1 fully saturated rings. The quantitative estimate of drug-likeness (QED) is 0.684. The molecular formula is C13H27N. The Bertz CT molecular complexity index is 127. The van der Waals surface area contributed by atoms with Crippen LogP contribution in [-0.2, 0) is 0 Å². The second-order valence-electron chi connectivity index (χ2n) is 4.87. The van der Waals surface area contributed by atoms with Gasteiger partial charge in [-0.2, -0.15) is 0 Å². The third-order valence-electron chi connectivity index (χ3n) is 3.66. The zero-order valence-electron chi connectivity index (χ0n) is 10.0. The first-order chi connectivity index (χ1) is 6.86. The average Bonchev–Trinajstić information content (AvgIpc) is 2.25. The van der Waals surface area contributed by atoms with Crippen molar-refractivity contribution in [1.29, 1.82) is 0 Å². The molecule has 1 aliphatic rings. The lowest BCUT2D eigenvalue weighted by molar-refractivity contribution is 0.295. The maximum absolute atomic E-state index is 3.48.